The fourth-order valence-corrected chi connectivity index (χ4v) is 5.87. The first-order valence-electron chi connectivity index (χ1n) is 13.1. The third-order valence-corrected chi connectivity index (χ3v) is 8.08. The van der Waals surface area contributed by atoms with Gasteiger partial charge in [0.25, 0.3) is 0 Å². The molecular formula is C28H33N3O9. The van der Waals surface area contributed by atoms with Gasteiger partial charge in [-0.1, -0.05) is 12.1 Å². The molecule has 0 spiro atoms. The molecule has 0 radical (unpaired) electrons. The van der Waals surface area contributed by atoms with Gasteiger partial charge in [-0.05, 0) is 19.9 Å². The number of nitrogens with two attached hydrogens (primary N) is 2. The molecule has 40 heavy (non-hydrogen) atoms. The van der Waals surface area contributed by atoms with E-state index in [2.05, 4.69) is 5.32 Å². The van der Waals surface area contributed by atoms with Crippen LogP contribution in [0.1, 0.15) is 75.8 Å². The summed E-state index contributed by atoms with van der Waals surface area (Å²) >= 11 is 0. The van der Waals surface area contributed by atoms with Crippen LogP contribution in [-0.4, -0.2) is 81.0 Å². The summed E-state index contributed by atoms with van der Waals surface area (Å²) in [5, 5.41) is 47.4. The van der Waals surface area contributed by atoms with Crippen LogP contribution >= 0.6 is 0 Å². The highest BCUT2D eigenvalue weighted by Crippen LogP contribution is 2.52. The predicted molar refractivity (Wildman–Crippen MR) is 141 cm³/mol. The van der Waals surface area contributed by atoms with Crippen LogP contribution < -0.4 is 16.8 Å². The minimum atomic E-state index is -2.00. The lowest BCUT2D eigenvalue weighted by Crippen LogP contribution is -2.52. The van der Waals surface area contributed by atoms with Crippen molar-refractivity contribution in [1.82, 2.24) is 0 Å². The number of carbonyl (C=O) groups is 3. The van der Waals surface area contributed by atoms with Crippen LogP contribution in [0.2, 0.25) is 0 Å². The topological polar surface area (TPSA) is 215 Å². The molecule has 0 bridgehead atoms. The lowest BCUT2D eigenvalue weighted by Gasteiger charge is -2.42. The molecule has 214 valence electrons. The largest absolute Gasteiger partial charge is 0.507 e. The van der Waals surface area contributed by atoms with Crippen molar-refractivity contribution in [1.29, 1.82) is 0 Å². The zero-order chi connectivity index (χ0) is 29.1. The van der Waals surface area contributed by atoms with Gasteiger partial charge in [-0.2, -0.15) is 0 Å². The van der Waals surface area contributed by atoms with Crippen molar-refractivity contribution < 1.29 is 44.3 Å². The van der Waals surface area contributed by atoms with E-state index in [1.54, 1.807) is 19.1 Å². The first-order valence-corrected chi connectivity index (χ1v) is 13.1. The van der Waals surface area contributed by atoms with E-state index in [4.69, 9.17) is 20.9 Å². The Morgan fingerprint density at radius 3 is 2.52 bits per heavy atom. The van der Waals surface area contributed by atoms with Crippen molar-refractivity contribution in [2.24, 2.45) is 11.5 Å². The minimum Gasteiger partial charge on any atom is -0.507 e. The average Bonchev–Trinajstić information content (AvgIpc) is 2.90. The molecular weight excluding hydrogens is 522 g/mol. The minimum absolute atomic E-state index is 0.0248. The summed E-state index contributed by atoms with van der Waals surface area (Å²) in [4.78, 5) is 40.0. The van der Waals surface area contributed by atoms with Crippen LogP contribution in [0.15, 0.2) is 18.2 Å². The van der Waals surface area contributed by atoms with Crippen molar-refractivity contribution in [3.63, 3.8) is 0 Å². The Labute approximate surface area is 229 Å². The number of carbonyl (C=O) groups excluding carboxylic acids is 3. The van der Waals surface area contributed by atoms with Crippen LogP contribution in [0.25, 0.3) is 0 Å². The highest BCUT2D eigenvalue weighted by Gasteiger charge is 2.49. The van der Waals surface area contributed by atoms with Gasteiger partial charge >= 0.3 is 0 Å². The number of hydrogen-bond acceptors (Lipinski definition) is 12. The Bertz CT molecular complexity index is 1400. The van der Waals surface area contributed by atoms with Gasteiger partial charge in [0.1, 0.15) is 17.1 Å². The summed E-state index contributed by atoms with van der Waals surface area (Å²) in [6.07, 6.45) is -4.54. The van der Waals surface area contributed by atoms with Gasteiger partial charge in [0, 0.05) is 60.8 Å². The summed E-state index contributed by atoms with van der Waals surface area (Å²) in [6, 6.07) is 3.94. The van der Waals surface area contributed by atoms with Crippen molar-refractivity contribution in [3.8, 4) is 11.5 Å². The first kappa shape index (κ1) is 28.1. The molecule has 0 saturated carbocycles. The highest BCUT2D eigenvalue weighted by molar-refractivity contribution is 6.32. The third-order valence-electron chi connectivity index (χ3n) is 8.08. The lowest BCUT2D eigenvalue weighted by molar-refractivity contribution is -0.247. The molecule has 0 amide bonds. The second-order valence-electron chi connectivity index (χ2n) is 10.7. The second-order valence-corrected chi connectivity index (χ2v) is 10.7. The first-order chi connectivity index (χ1) is 18.9. The molecule has 1 fully saturated rings. The van der Waals surface area contributed by atoms with Crippen LogP contribution in [0.3, 0.4) is 0 Å². The number of hydrogen-bond donors (Lipinski definition) is 7. The molecule has 2 aliphatic carbocycles. The van der Waals surface area contributed by atoms with E-state index >= 15 is 0 Å². The van der Waals surface area contributed by atoms with E-state index in [9.17, 15) is 34.8 Å². The molecule has 2 aromatic rings. The summed E-state index contributed by atoms with van der Waals surface area (Å²) in [5.74, 6) is -3.22. The average molecular weight is 556 g/mol. The molecule has 1 saturated heterocycles. The molecule has 1 aliphatic heterocycles. The van der Waals surface area contributed by atoms with Crippen molar-refractivity contribution in [2.75, 3.05) is 18.4 Å². The number of ether oxygens (including phenoxy) is 2. The number of phenols is 2. The summed E-state index contributed by atoms with van der Waals surface area (Å²) in [5.41, 5.74) is 9.10. The van der Waals surface area contributed by atoms with Gasteiger partial charge < -0.3 is 46.7 Å². The van der Waals surface area contributed by atoms with Crippen molar-refractivity contribution in [3.05, 3.63) is 51.6 Å². The Hall–Kier alpha value is -3.39. The molecule has 12 nitrogen and oxygen atoms in total. The molecule has 0 aromatic heterocycles. The molecule has 6 atom stereocenters. The van der Waals surface area contributed by atoms with E-state index in [0.29, 0.717) is 12.2 Å². The van der Waals surface area contributed by atoms with Crippen molar-refractivity contribution >= 4 is 23.0 Å². The maximum absolute atomic E-state index is 13.8. The molecule has 12 heteroatoms. The molecule has 2 aromatic carbocycles. The number of ketones is 3. The van der Waals surface area contributed by atoms with E-state index < -0.39 is 82.6 Å². The smallest absolute Gasteiger partial charge is 0.200 e. The Kier molecular flexibility index (Phi) is 7.19. The van der Waals surface area contributed by atoms with Crippen LogP contribution in [-0.2, 0) is 20.7 Å². The number of benzene rings is 2. The summed E-state index contributed by atoms with van der Waals surface area (Å²) in [6.45, 7) is 3.38. The number of nitrogens with one attached hydrogen (secondary N) is 1. The number of aliphatic hydroxyl groups excluding tert-OH is 1. The maximum atomic E-state index is 13.8. The monoisotopic (exact) mass is 555 g/mol. The Morgan fingerprint density at radius 1 is 1.18 bits per heavy atom. The predicted octanol–water partition coefficient (Wildman–Crippen LogP) is 0.391. The fraction of sp³-hybridized carbons (Fsp3) is 0.464. The Morgan fingerprint density at radius 2 is 1.88 bits per heavy atom. The molecule has 3 aliphatic rings. The van der Waals surface area contributed by atoms with Crippen LogP contribution in [0, 0.1) is 0 Å². The number of aliphatic hydroxyl groups is 2. The standard InChI is InChI=1S/C28H33N3O9/c1-11-23(33)15(30)8-18(39-11)40-17-10-28(38,12(2)32)9-14-20(17)27(37)22-21(25(14)35)24(34)13-4-3-5-16(31-7-6-29)19(13)26(22)36/h3-5,11,15,17-18,23,31,33,35,37-38H,6-10,29-30H2,1-2H3. The maximum Gasteiger partial charge on any atom is 0.200 e. The normalized spacial score (nSPS) is 29.4. The van der Waals surface area contributed by atoms with Gasteiger partial charge in [-0.15, -0.1) is 0 Å². The van der Waals surface area contributed by atoms with E-state index in [1.807, 2.05) is 0 Å². The number of anilines is 1. The van der Waals surface area contributed by atoms with Gasteiger partial charge in [0.2, 0.25) is 0 Å². The molecule has 5 rings (SSSR count). The number of aromatic hydroxyl groups is 2. The zero-order valence-corrected chi connectivity index (χ0v) is 22.1. The van der Waals surface area contributed by atoms with Gasteiger partial charge in [0.05, 0.1) is 35.0 Å². The third kappa shape index (κ3) is 4.37. The molecule has 1 heterocycles. The Balaban J connectivity index is 1.66. The summed E-state index contributed by atoms with van der Waals surface area (Å²) in [7, 11) is 0. The van der Waals surface area contributed by atoms with Crippen LogP contribution in [0.5, 0.6) is 11.5 Å². The SMILES string of the molecule is CC(=O)C1(O)Cc2c(O)c3c(c(O)c2C(OC2CC(N)C(O)C(C)O2)C1)C(=O)c1c(NCCN)cccc1C3=O. The van der Waals surface area contributed by atoms with Gasteiger partial charge in [-0.3, -0.25) is 14.4 Å². The molecule has 6 unspecified atom stereocenters. The highest BCUT2D eigenvalue weighted by atomic mass is 16.7. The fourth-order valence-electron chi connectivity index (χ4n) is 5.87. The number of Topliss-reactive ketones (excluding diaryl/α,β-unsaturated/α-hetero) is 1. The van der Waals surface area contributed by atoms with Gasteiger partial charge in [0.15, 0.2) is 23.6 Å². The number of fused-ring (bicyclic) bond motifs is 3. The number of rotatable bonds is 6. The van der Waals surface area contributed by atoms with E-state index in [-0.39, 0.29) is 41.6 Å². The van der Waals surface area contributed by atoms with Crippen molar-refractivity contribution in [2.45, 2.75) is 69.4 Å². The van der Waals surface area contributed by atoms with E-state index in [1.165, 1.54) is 13.0 Å². The van der Waals surface area contributed by atoms with E-state index in [0.717, 1.165) is 0 Å². The second kappa shape index (κ2) is 10.2. The lowest BCUT2D eigenvalue weighted by atomic mass is 9.72. The molecule has 9 N–H and O–H groups in total. The van der Waals surface area contributed by atoms with Gasteiger partial charge in [-0.25, -0.2) is 0 Å². The summed E-state index contributed by atoms with van der Waals surface area (Å²) < 4.78 is 11.8. The zero-order valence-electron chi connectivity index (χ0n) is 22.1. The van der Waals surface area contributed by atoms with Crippen LogP contribution in [0.4, 0.5) is 5.69 Å². The number of phenolic OH excluding ortho intramolecular Hbond substituents is 2. The quantitative estimate of drug-likeness (QED) is 0.206.